The molecule has 23 heavy (non-hydrogen) atoms. The Labute approximate surface area is 144 Å². The van der Waals surface area contributed by atoms with E-state index in [4.69, 9.17) is 27.9 Å². The van der Waals surface area contributed by atoms with Crippen molar-refractivity contribution in [1.29, 1.82) is 0 Å². The van der Waals surface area contributed by atoms with Crippen LogP contribution in [0, 0.1) is 13.8 Å². The van der Waals surface area contributed by atoms with Gasteiger partial charge in [-0.25, -0.2) is 4.79 Å². The third-order valence-electron chi connectivity index (χ3n) is 3.17. The molecule has 1 amide bonds. The van der Waals surface area contributed by atoms with E-state index in [-0.39, 0.29) is 15.6 Å². The van der Waals surface area contributed by atoms with Gasteiger partial charge in [0.05, 0.1) is 15.6 Å². The smallest absolute Gasteiger partial charge is 0.340 e. The Bertz CT molecular complexity index is 759. The molecule has 0 saturated heterocycles. The molecule has 2 aromatic rings. The summed E-state index contributed by atoms with van der Waals surface area (Å²) in [5.74, 6) is -1.13. The highest BCUT2D eigenvalue weighted by atomic mass is 35.5. The lowest BCUT2D eigenvalue weighted by Gasteiger charge is -2.10. The molecule has 0 radical (unpaired) electrons. The van der Waals surface area contributed by atoms with E-state index in [0.29, 0.717) is 5.69 Å². The third kappa shape index (κ3) is 4.47. The highest BCUT2D eigenvalue weighted by Crippen LogP contribution is 2.26. The largest absolute Gasteiger partial charge is 0.452 e. The van der Waals surface area contributed by atoms with Crippen LogP contribution >= 0.6 is 23.2 Å². The second-order valence-corrected chi connectivity index (χ2v) is 5.83. The first kappa shape index (κ1) is 17.3. The fraction of sp³-hybridized carbons (Fsp3) is 0.176. The maximum absolute atomic E-state index is 12.0. The number of hydrogen-bond donors (Lipinski definition) is 1. The van der Waals surface area contributed by atoms with E-state index in [1.165, 1.54) is 6.07 Å². The zero-order valence-corrected chi connectivity index (χ0v) is 14.2. The standard InChI is InChI=1S/C17H15Cl2NO3/c1-10-6-7-11(2)14(8-10)20-15(21)9-23-17(22)12-4-3-5-13(18)16(12)19/h3-8H,9H2,1-2H3,(H,20,21). The highest BCUT2D eigenvalue weighted by molar-refractivity contribution is 6.43. The van der Waals surface area contributed by atoms with Crippen LogP contribution in [0.1, 0.15) is 21.5 Å². The Kier molecular flexibility index (Phi) is 5.64. The van der Waals surface area contributed by atoms with E-state index in [9.17, 15) is 9.59 Å². The molecule has 1 N–H and O–H groups in total. The van der Waals surface area contributed by atoms with Crippen LogP contribution in [0.15, 0.2) is 36.4 Å². The summed E-state index contributed by atoms with van der Waals surface area (Å²) in [5, 5.41) is 3.07. The summed E-state index contributed by atoms with van der Waals surface area (Å²) in [7, 11) is 0. The van der Waals surface area contributed by atoms with Gasteiger partial charge in [0.15, 0.2) is 6.61 Å². The Morgan fingerprint density at radius 3 is 2.61 bits per heavy atom. The number of ether oxygens (including phenoxy) is 1. The van der Waals surface area contributed by atoms with Gasteiger partial charge < -0.3 is 10.1 Å². The summed E-state index contributed by atoms with van der Waals surface area (Å²) in [6, 6.07) is 10.3. The number of amides is 1. The maximum atomic E-state index is 12.0. The fourth-order valence-electron chi connectivity index (χ4n) is 1.93. The topological polar surface area (TPSA) is 55.4 Å². The molecule has 0 heterocycles. The molecule has 4 nitrogen and oxygen atoms in total. The molecule has 0 fully saturated rings. The van der Waals surface area contributed by atoms with Crippen LogP contribution in [0.5, 0.6) is 0 Å². The van der Waals surface area contributed by atoms with Gasteiger partial charge in [0, 0.05) is 5.69 Å². The Morgan fingerprint density at radius 2 is 1.87 bits per heavy atom. The molecule has 2 aromatic carbocycles. The van der Waals surface area contributed by atoms with Gasteiger partial charge in [-0.05, 0) is 43.2 Å². The van der Waals surface area contributed by atoms with Crippen molar-refractivity contribution in [3.8, 4) is 0 Å². The van der Waals surface area contributed by atoms with Crippen LogP contribution in [-0.2, 0) is 9.53 Å². The molecule has 2 rings (SSSR count). The zero-order chi connectivity index (χ0) is 17.0. The lowest BCUT2D eigenvalue weighted by Crippen LogP contribution is -2.21. The molecule has 0 aromatic heterocycles. The van der Waals surface area contributed by atoms with E-state index < -0.39 is 18.5 Å². The molecule has 0 spiro atoms. The minimum absolute atomic E-state index is 0.106. The second-order valence-electron chi connectivity index (χ2n) is 5.04. The number of rotatable bonds is 4. The van der Waals surface area contributed by atoms with Gasteiger partial charge in [-0.2, -0.15) is 0 Å². The van der Waals surface area contributed by atoms with Crippen LogP contribution in [0.4, 0.5) is 5.69 Å². The quantitative estimate of drug-likeness (QED) is 0.830. The predicted octanol–water partition coefficient (Wildman–Crippen LogP) is 4.41. The number of halogens is 2. The predicted molar refractivity (Wildman–Crippen MR) is 91.3 cm³/mol. The number of hydrogen-bond acceptors (Lipinski definition) is 3. The van der Waals surface area contributed by atoms with E-state index >= 15 is 0 Å². The first-order valence-corrected chi connectivity index (χ1v) is 7.62. The number of benzene rings is 2. The van der Waals surface area contributed by atoms with Crippen LogP contribution in [0.25, 0.3) is 0 Å². The van der Waals surface area contributed by atoms with Crippen molar-refractivity contribution in [1.82, 2.24) is 0 Å². The summed E-state index contributed by atoms with van der Waals surface area (Å²) >= 11 is 11.8. The molecule has 0 unspecified atom stereocenters. The van der Waals surface area contributed by atoms with Crippen molar-refractivity contribution in [2.24, 2.45) is 0 Å². The zero-order valence-electron chi connectivity index (χ0n) is 12.7. The second kappa shape index (κ2) is 7.49. The number of anilines is 1. The first-order valence-electron chi connectivity index (χ1n) is 6.86. The molecule has 6 heteroatoms. The number of nitrogens with one attached hydrogen (secondary N) is 1. The van der Waals surface area contributed by atoms with Gasteiger partial charge in [-0.15, -0.1) is 0 Å². The Hall–Kier alpha value is -2.04. The van der Waals surface area contributed by atoms with Crippen molar-refractivity contribution in [2.75, 3.05) is 11.9 Å². The van der Waals surface area contributed by atoms with E-state index in [2.05, 4.69) is 5.32 Å². The summed E-state index contributed by atoms with van der Waals surface area (Å²) in [5.41, 5.74) is 2.76. The maximum Gasteiger partial charge on any atom is 0.340 e. The van der Waals surface area contributed by atoms with Crippen molar-refractivity contribution < 1.29 is 14.3 Å². The van der Waals surface area contributed by atoms with E-state index in [1.54, 1.807) is 12.1 Å². The minimum atomic E-state index is -0.700. The third-order valence-corrected chi connectivity index (χ3v) is 3.99. The molecular weight excluding hydrogens is 337 g/mol. The van der Waals surface area contributed by atoms with Gasteiger partial charge in [-0.1, -0.05) is 41.4 Å². The van der Waals surface area contributed by atoms with Gasteiger partial charge in [-0.3, -0.25) is 4.79 Å². The van der Waals surface area contributed by atoms with Gasteiger partial charge in [0.25, 0.3) is 5.91 Å². The normalized spacial score (nSPS) is 10.3. The van der Waals surface area contributed by atoms with Crippen molar-refractivity contribution in [2.45, 2.75) is 13.8 Å². The number of carbonyl (C=O) groups is 2. The molecular formula is C17H15Cl2NO3. The van der Waals surface area contributed by atoms with Crippen LogP contribution < -0.4 is 5.32 Å². The van der Waals surface area contributed by atoms with Gasteiger partial charge in [0.1, 0.15) is 0 Å². The average Bonchev–Trinajstić information content (AvgIpc) is 2.51. The summed E-state index contributed by atoms with van der Waals surface area (Å²) in [6.45, 7) is 3.40. The fourth-order valence-corrected chi connectivity index (χ4v) is 2.30. The Morgan fingerprint density at radius 1 is 1.13 bits per heavy atom. The number of carbonyl (C=O) groups excluding carboxylic acids is 2. The summed E-state index contributed by atoms with van der Waals surface area (Å²) in [4.78, 5) is 23.9. The summed E-state index contributed by atoms with van der Waals surface area (Å²) < 4.78 is 4.97. The minimum Gasteiger partial charge on any atom is -0.452 e. The van der Waals surface area contributed by atoms with Crippen molar-refractivity contribution in [3.63, 3.8) is 0 Å². The molecule has 0 aliphatic rings. The van der Waals surface area contributed by atoms with E-state index in [0.717, 1.165) is 11.1 Å². The van der Waals surface area contributed by atoms with Crippen molar-refractivity contribution in [3.05, 3.63) is 63.1 Å². The van der Waals surface area contributed by atoms with Crippen molar-refractivity contribution >= 4 is 40.8 Å². The molecule has 0 aliphatic carbocycles. The van der Waals surface area contributed by atoms with Crippen LogP contribution in [0.2, 0.25) is 10.0 Å². The van der Waals surface area contributed by atoms with E-state index in [1.807, 2.05) is 32.0 Å². The molecule has 120 valence electrons. The number of esters is 1. The monoisotopic (exact) mass is 351 g/mol. The SMILES string of the molecule is Cc1ccc(C)c(NC(=O)COC(=O)c2cccc(Cl)c2Cl)c1. The first-order chi connectivity index (χ1) is 10.9. The molecule has 0 bridgehead atoms. The van der Waals surface area contributed by atoms with Gasteiger partial charge >= 0.3 is 5.97 Å². The lowest BCUT2D eigenvalue weighted by molar-refractivity contribution is -0.119. The molecule has 0 aliphatic heterocycles. The highest BCUT2D eigenvalue weighted by Gasteiger charge is 2.15. The van der Waals surface area contributed by atoms with Gasteiger partial charge in [0.2, 0.25) is 0 Å². The number of aryl methyl sites for hydroxylation is 2. The summed E-state index contributed by atoms with van der Waals surface area (Å²) in [6.07, 6.45) is 0. The van der Waals surface area contributed by atoms with Crippen LogP contribution in [-0.4, -0.2) is 18.5 Å². The van der Waals surface area contributed by atoms with Crippen LogP contribution in [0.3, 0.4) is 0 Å². The Balaban J connectivity index is 1.98. The average molecular weight is 352 g/mol. The molecule has 0 atom stereocenters. The lowest BCUT2D eigenvalue weighted by atomic mass is 10.1. The molecule has 0 saturated carbocycles.